The minimum Gasteiger partial charge on any atom is -0.494 e. The third-order valence-electron chi connectivity index (χ3n) is 7.83. The van der Waals surface area contributed by atoms with Gasteiger partial charge in [0, 0.05) is 36.0 Å². The molecule has 0 saturated carbocycles. The van der Waals surface area contributed by atoms with Crippen LogP contribution in [0, 0.1) is 0 Å². The first-order valence-corrected chi connectivity index (χ1v) is 16.1. The molecule has 4 aromatic rings. The van der Waals surface area contributed by atoms with E-state index in [1.165, 1.54) is 0 Å². The number of rotatable bonds is 14. The summed E-state index contributed by atoms with van der Waals surface area (Å²) in [6.45, 7) is 3.24. The summed E-state index contributed by atoms with van der Waals surface area (Å²) in [6, 6.07) is 33.9. The molecule has 4 aromatic carbocycles. The highest BCUT2D eigenvalue weighted by Crippen LogP contribution is 2.43. The zero-order chi connectivity index (χ0) is 30.8. The Bertz CT molecular complexity index is 1540. The van der Waals surface area contributed by atoms with E-state index in [4.69, 9.17) is 19.6 Å². The second-order valence-electron chi connectivity index (χ2n) is 11.0. The van der Waals surface area contributed by atoms with Gasteiger partial charge in [0.1, 0.15) is 5.75 Å². The first kappa shape index (κ1) is 31.5. The Morgan fingerprint density at radius 3 is 2.27 bits per heavy atom. The van der Waals surface area contributed by atoms with Gasteiger partial charge in [0.2, 0.25) is 5.90 Å². The van der Waals surface area contributed by atoms with Crippen LogP contribution >= 0.6 is 15.9 Å². The zero-order valence-corrected chi connectivity index (χ0v) is 26.6. The van der Waals surface area contributed by atoms with Crippen LogP contribution < -0.4 is 10.1 Å². The number of carbonyl (C=O) groups is 1. The van der Waals surface area contributed by atoms with E-state index in [1.807, 2.05) is 78.9 Å². The molecule has 228 valence electrons. The summed E-state index contributed by atoms with van der Waals surface area (Å²) >= 11 is 3.70. The molecule has 0 unspecified atom stereocenters. The first-order valence-electron chi connectivity index (χ1n) is 15.3. The molecular formula is C37H39BrN2O4. The lowest BCUT2D eigenvalue weighted by Gasteiger charge is -2.31. The van der Waals surface area contributed by atoms with Gasteiger partial charge in [-0.1, -0.05) is 108 Å². The molecule has 7 heteroatoms. The maximum atomic E-state index is 14.3. The summed E-state index contributed by atoms with van der Waals surface area (Å²) in [4.78, 5) is 19.5. The van der Waals surface area contributed by atoms with Crippen molar-refractivity contribution in [2.45, 2.75) is 50.7 Å². The van der Waals surface area contributed by atoms with Gasteiger partial charge in [-0.05, 0) is 59.0 Å². The SMILES string of the molecule is CCCCCNC(=O)[C@]1(Cc2ccccc2Br)N=C(c2ccc(OCCCO)cc2)O[C@@H]1c1ccc(-c2ccccc2)cc1. The van der Waals surface area contributed by atoms with Crippen LogP contribution in [0.15, 0.2) is 113 Å². The fourth-order valence-electron chi connectivity index (χ4n) is 5.43. The third kappa shape index (κ3) is 7.40. The van der Waals surface area contributed by atoms with Crippen molar-refractivity contribution in [3.8, 4) is 16.9 Å². The van der Waals surface area contributed by atoms with Crippen molar-refractivity contribution in [2.24, 2.45) is 4.99 Å². The Kier molecular flexibility index (Phi) is 10.9. The summed E-state index contributed by atoms with van der Waals surface area (Å²) in [7, 11) is 0. The van der Waals surface area contributed by atoms with Gasteiger partial charge in [-0.2, -0.15) is 0 Å². The minimum absolute atomic E-state index is 0.0799. The number of hydrogen-bond acceptors (Lipinski definition) is 5. The van der Waals surface area contributed by atoms with E-state index in [9.17, 15) is 4.79 Å². The highest BCUT2D eigenvalue weighted by atomic mass is 79.9. The number of nitrogens with one attached hydrogen (secondary N) is 1. The fourth-order valence-corrected chi connectivity index (χ4v) is 5.85. The maximum absolute atomic E-state index is 14.3. The predicted molar refractivity (Wildman–Crippen MR) is 179 cm³/mol. The van der Waals surface area contributed by atoms with E-state index in [2.05, 4.69) is 52.4 Å². The number of aliphatic imine (C=N–C) groups is 1. The monoisotopic (exact) mass is 654 g/mol. The second-order valence-corrected chi connectivity index (χ2v) is 11.9. The van der Waals surface area contributed by atoms with Crippen molar-refractivity contribution in [3.05, 3.63) is 124 Å². The quantitative estimate of drug-likeness (QED) is 0.137. The number of carbonyl (C=O) groups excluding carboxylic acids is 1. The van der Waals surface area contributed by atoms with E-state index in [0.717, 1.165) is 51.6 Å². The molecule has 2 N–H and O–H groups in total. The number of unbranched alkanes of at least 4 members (excludes halogenated alkanes) is 2. The van der Waals surface area contributed by atoms with E-state index < -0.39 is 11.6 Å². The van der Waals surface area contributed by atoms with E-state index in [1.54, 1.807) is 0 Å². The number of amides is 1. The van der Waals surface area contributed by atoms with Crippen LogP contribution in [-0.2, 0) is 16.0 Å². The van der Waals surface area contributed by atoms with Crippen molar-refractivity contribution >= 4 is 27.7 Å². The smallest absolute Gasteiger partial charge is 0.252 e. The van der Waals surface area contributed by atoms with Gasteiger partial charge >= 0.3 is 0 Å². The zero-order valence-electron chi connectivity index (χ0n) is 25.0. The topological polar surface area (TPSA) is 80.2 Å². The first-order chi connectivity index (χ1) is 21.5. The summed E-state index contributed by atoms with van der Waals surface area (Å²) in [5, 5.41) is 12.3. The average Bonchev–Trinajstić information content (AvgIpc) is 3.45. The normalized spacial score (nSPS) is 17.5. The van der Waals surface area contributed by atoms with Gasteiger partial charge < -0.3 is 19.9 Å². The Morgan fingerprint density at radius 2 is 1.57 bits per heavy atom. The highest BCUT2D eigenvalue weighted by Gasteiger charge is 2.53. The molecule has 1 aliphatic heterocycles. The molecule has 1 heterocycles. The molecule has 0 aromatic heterocycles. The fraction of sp³-hybridized carbons (Fsp3) is 0.297. The van der Waals surface area contributed by atoms with Gasteiger partial charge in [-0.25, -0.2) is 4.99 Å². The molecule has 0 fully saturated rings. The molecule has 2 atom stereocenters. The van der Waals surface area contributed by atoms with Gasteiger partial charge in [-0.15, -0.1) is 0 Å². The largest absolute Gasteiger partial charge is 0.494 e. The average molecular weight is 656 g/mol. The van der Waals surface area contributed by atoms with Crippen molar-refractivity contribution < 1.29 is 19.4 Å². The number of benzene rings is 4. The van der Waals surface area contributed by atoms with E-state index >= 15 is 0 Å². The van der Waals surface area contributed by atoms with Crippen LogP contribution in [0.2, 0.25) is 0 Å². The molecule has 44 heavy (non-hydrogen) atoms. The Balaban J connectivity index is 1.55. The summed E-state index contributed by atoms with van der Waals surface area (Å²) in [5.41, 5.74) is 3.59. The van der Waals surface area contributed by atoms with Crippen molar-refractivity contribution in [3.63, 3.8) is 0 Å². The Hall–Kier alpha value is -3.94. The molecular weight excluding hydrogens is 616 g/mol. The van der Waals surface area contributed by atoms with Crippen LogP contribution in [0.3, 0.4) is 0 Å². The lowest BCUT2D eigenvalue weighted by molar-refractivity contribution is -0.128. The molecule has 0 aliphatic carbocycles. The number of hydrogen-bond donors (Lipinski definition) is 2. The number of aliphatic hydroxyl groups is 1. The molecule has 0 radical (unpaired) electrons. The number of halogens is 1. The standard InChI is InChI=1S/C37H39BrN2O4/c1-2-3-9-23-39-36(42)37(26-31-13-7-8-14-33(31)38)34(29-17-15-28(16-18-29)27-11-5-4-6-12-27)44-35(40-37)30-19-21-32(22-20-30)43-25-10-24-41/h4-8,11-22,34,41H,2-3,9-10,23-26H2,1H3,(H,39,42)/t34-,37-/m1/s1. The lowest BCUT2D eigenvalue weighted by atomic mass is 9.81. The summed E-state index contributed by atoms with van der Waals surface area (Å²) < 4.78 is 13.3. The predicted octanol–water partition coefficient (Wildman–Crippen LogP) is 7.68. The maximum Gasteiger partial charge on any atom is 0.252 e. The van der Waals surface area contributed by atoms with Crippen LogP contribution in [0.5, 0.6) is 5.75 Å². The van der Waals surface area contributed by atoms with Crippen LogP contribution in [0.1, 0.15) is 55.4 Å². The Labute approximate surface area is 268 Å². The van der Waals surface area contributed by atoms with Crippen molar-refractivity contribution in [1.29, 1.82) is 0 Å². The summed E-state index contributed by atoms with van der Waals surface area (Å²) in [6.07, 6.45) is 3.28. The van der Waals surface area contributed by atoms with Gasteiger partial charge in [0.05, 0.1) is 6.61 Å². The second kappa shape index (κ2) is 15.2. The van der Waals surface area contributed by atoms with Crippen molar-refractivity contribution in [1.82, 2.24) is 5.32 Å². The van der Waals surface area contributed by atoms with Gasteiger partial charge in [0.25, 0.3) is 5.91 Å². The molecule has 0 saturated heterocycles. The third-order valence-corrected chi connectivity index (χ3v) is 8.61. The van der Waals surface area contributed by atoms with Gasteiger partial charge in [-0.3, -0.25) is 4.79 Å². The molecule has 0 bridgehead atoms. The van der Waals surface area contributed by atoms with Crippen LogP contribution in [-0.4, -0.2) is 42.2 Å². The minimum atomic E-state index is -1.24. The summed E-state index contributed by atoms with van der Waals surface area (Å²) in [5.74, 6) is 0.960. The number of aliphatic hydroxyl groups excluding tert-OH is 1. The van der Waals surface area contributed by atoms with E-state index in [-0.39, 0.29) is 12.5 Å². The molecule has 0 spiro atoms. The van der Waals surface area contributed by atoms with E-state index in [0.29, 0.717) is 37.6 Å². The number of nitrogens with zero attached hydrogens (tertiary/aromatic N) is 1. The molecule has 5 rings (SSSR count). The van der Waals surface area contributed by atoms with Crippen LogP contribution in [0.4, 0.5) is 0 Å². The molecule has 1 amide bonds. The Morgan fingerprint density at radius 1 is 0.886 bits per heavy atom. The molecule has 6 nitrogen and oxygen atoms in total. The molecule has 1 aliphatic rings. The van der Waals surface area contributed by atoms with Crippen LogP contribution in [0.25, 0.3) is 11.1 Å². The number of ether oxygens (including phenoxy) is 2. The highest BCUT2D eigenvalue weighted by molar-refractivity contribution is 9.10. The lowest BCUT2D eigenvalue weighted by Crippen LogP contribution is -2.50. The van der Waals surface area contributed by atoms with Crippen molar-refractivity contribution in [2.75, 3.05) is 19.8 Å². The van der Waals surface area contributed by atoms with Gasteiger partial charge in [0.15, 0.2) is 11.6 Å².